The first-order chi connectivity index (χ1) is 9.52. The Kier molecular flexibility index (Phi) is 4.33. The summed E-state index contributed by atoms with van der Waals surface area (Å²) < 4.78 is 38.8. The number of rotatable bonds is 5. The van der Waals surface area contributed by atoms with Crippen LogP contribution in [0.3, 0.4) is 0 Å². The molecule has 2 rings (SSSR count). The van der Waals surface area contributed by atoms with Crippen molar-refractivity contribution in [1.29, 1.82) is 0 Å². The van der Waals surface area contributed by atoms with E-state index in [9.17, 15) is 13.2 Å². The highest BCUT2D eigenvalue weighted by atomic mass is 19.4. The molecule has 0 fully saturated rings. The first kappa shape index (κ1) is 14.4. The summed E-state index contributed by atoms with van der Waals surface area (Å²) in [4.78, 5) is 7.85. The van der Waals surface area contributed by atoms with E-state index in [1.807, 2.05) is 6.92 Å². The van der Waals surface area contributed by atoms with E-state index in [4.69, 9.17) is 0 Å². The van der Waals surface area contributed by atoms with Crippen molar-refractivity contribution < 1.29 is 13.2 Å². The second-order valence-electron chi connectivity index (χ2n) is 4.17. The van der Waals surface area contributed by atoms with Gasteiger partial charge in [-0.05, 0) is 25.1 Å². The van der Waals surface area contributed by atoms with Gasteiger partial charge in [0.05, 0.1) is 12.1 Å². The number of halogens is 3. The maximum absolute atomic E-state index is 12.5. The normalized spacial score (nSPS) is 11.8. The molecule has 1 N–H and O–H groups in total. The average molecular weight is 285 g/mol. The first-order valence-corrected chi connectivity index (χ1v) is 6.15. The summed E-state index contributed by atoms with van der Waals surface area (Å²) in [5, 5.41) is 7.13. The van der Waals surface area contributed by atoms with Crippen molar-refractivity contribution in [2.75, 3.05) is 6.54 Å². The van der Waals surface area contributed by atoms with Crippen molar-refractivity contribution in [2.45, 2.75) is 26.1 Å². The Hall–Kier alpha value is -1.96. The second-order valence-corrected chi connectivity index (χ2v) is 4.17. The lowest BCUT2D eigenvalue weighted by atomic mass is 10.3. The van der Waals surface area contributed by atoms with E-state index in [2.05, 4.69) is 20.4 Å². The third-order valence-electron chi connectivity index (χ3n) is 2.62. The van der Waals surface area contributed by atoms with Crippen molar-refractivity contribution in [3.63, 3.8) is 0 Å². The van der Waals surface area contributed by atoms with Gasteiger partial charge in [-0.3, -0.25) is 0 Å². The zero-order valence-corrected chi connectivity index (χ0v) is 10.9. The Morgan fingerprint density at radius 1 is 1.25 bits per heavy atom. The summed E-state index contributed by atoms with van der Waals surface area (Å²) in [6, 6.07) is 2.26. The molecule has 0 aliphatic rings. The Morgan fingerprint density at radius 2 is 2.05 bits per heavy atom. The highest BCUT2D eigenvalue weighted by Crippen LogP contribution is 2.28. The molecule has 2 aromatic heterocycles. The topological polar surface area (TPSA) is 55.6 Å². The molecule has 0 aromatic carbocycles. The van der Waals surface area contributed by atoms with Gasteiger partial charge in [0.15, 0.2) is 5.82 Å². The highest BCUT2D eigenvalue weighted by molar-refractivity contribution is 5.26. The van der Waals surface area contributed by atoms with Gasteiger partial charge in [0.2, 0.25) is 0 Å². The summed E-state index contributed by atoms with van der Waals surface area (Å²) in [7, 11) is 0. The summed E-state index contributed by atoms with van der Waals surface area (Å²) >= 11 is 0. The molecule has 5 nitrogen and oxygen atoms in total. The molecule has 0 atom stereocenters. The van der Waals surface area contributed by atoms with Gasteiger partial charge < -0.3 is 5.32 Å². The summed E-state index contributed by atoms with van der Waals surface area (Å²) in [6.07, 6.45) is -1.27. The fourth-order valence-electron chi connectivity index (χ4n) is 1.63. The quantitative estimate of drug-likeness (QED) is 0.856. The van der Waals surface area contributed by atoms with Gasteiger partial charge in [-0.1, -0.05) is 6.92 Å². The van der Waals surface area contributed by atoms with Gasteiger partial charge in [0.1, 0.15) is 12.2 Å². The molecule has 0 radical (unpaired) electrons. The Balaban J connectivity index is 2.18. The molecular formula is C12H14F3N5. The molecule has 2 heterocycles. The Labute approximate surface area is 113 Å². The van der Waals surface area contributed by atoms with E-state index in [0.717, 1.165) is 25.2 Å². The molecule has 0 aliphatic carbocycles. The van der Waals surface area contributed by atoms with Crippen LogP contribution in [0.1, 0.15) is 24.7 Å². The van der Waals surface area contributed by atoms with Gasteiger partial charge in [0.25, 0.3) is 0 Å². The van der Waals surface area contributed by atoms with Crippen LogP contribution in [0.15, 0.2) is 24.7 Å². The lowest BCUT2D eigenvalue weighted by Gasteiger charge is -2.08. The fourth-order valence-corrected chi connectivity index (χ4v) is 1.63. The average Bonchev–Trinajstić information content (AvgIpc) is 2.87. The van der Waals surface area contributed by atoms with Crippen LogP contribution in [0.2, 0.25) is 0 Å². The van der Waals surface area contributed by atoms with Crippen LogP contribution in [0.25, 0.3) is 5.82 Å². The van der Waals surface area contributed by atoms with Gasteiger partial charge in [-0.25, -0.2) is 9.97 Å². The Morgan fingerprint density at radius 3 is 2.65 bits per heavy atom. The Bertz CT molecular complexity index is 547. The van der Waals surface area contributed by atoms with Crippen molar-refractivity contribution in [3.8, 4) is 5.82 Å². The van der Waals surface area contributed by atoms with Gasteiger partial charge in [-0.15, -0.1) is 0 Å². The lowest BCUT2D eigenvalue weighted by Crippen LogP contribution is -2.18. The molecule has 0 spiro atoms. The zero-order valence-electron chi connectivity index (χ0n) is 10.9. The van der Waals surface area contributed by atoms with E-state index in [1.165, 1.54) is 17.1 Å². The number of nitrogens with zero attached hydrogens (tertiary/aromatic N) is 4. The molecule has 8 heteroatoms. The monoisotopic (exact) mass is 285 g/mol. The van der Waals surface area contributed by atoms with Gasteiger partial charge in [0, 0.05) is 6.20 Å². The van der Waals surface area contributed by atoms with Crippen LogP contribution in [0.4, 0.5) is 13.2 Å². The third-order valence-corrected chi connectivity index (χ3v) is 2.62. The van der Waals surface area contributed by atoms with E-state index in [-0.39, 0.29) is 0 Å². The number of aromatic nitrogens is 4. The standard InChI is InChI=1S/C12H14F3N5/c1-2-5-16-7-11-18-8-19-20(11)10-4-3-9(6-17-10)12(13,14)15/h3-4,6,8,16H,2,5,7H2,1H3. The molecule has 0 unspecified atom stereocenters. The molecule has 2 aromatic rings. The minimum Gasteiger partial charge on any atom is -0.310 e. The zero-order chi connectivity index (χ0) is 14.6. The molecule has 0 saturated carbocycles. The van der Waals surface area contributed by atoms with Gasteiger partial charge in [-0.2, -0.15) is 23.0 Å². The number of hydrogen-bond acceptors (Lipinski definition) is 4. The smallest absolute Gasteiger partial charge is 0.310 e. The van der Waals surface area contributed by atoms with Gasteiger partial charge >= 0.3 is 6.18 Å². The van der Waals surface area contributed by atoms with E-state index in [1.54, 1.807) is 0 Å². The first-order valence-electron chi connectivity index (χ1n) is 6.15. The maximum Gasteiger partial charge on any atom is 0.417 e. The number of alkyl halides is 3. The van der Waals surface area contributed by atoms with Crippen LogP contribution < -0.4 is 5.32 Å². The van der Waals surface area contributed by atoms with Crippen molar-refractivity contribution in [1.82, 2.24) is 25.1 Å². The number of pyridine rings is 1. The molecule has 0 amide bonds. The molecule has 0 aliphatic heterocycles. The van der Waals surface area contributed by atoms with E-state index >= 15 is 0 Å². The SMILES string of the molecule is CCCNCc1ncnn1-c1ccc(C(F)(F)F)cn1. The molecule has 108 valence electrons. The highest BCUT2D eigenvalue weighted by Gasteiger charge is 2.30. The van der Waals surface area contributed by atoms with Crippen LogP contribution in [0.5, 0.6) is 0 Å². The van der Waals surface area contributed by atoms with E-state index in [0.29, 0.717) is 18.2 Å². The van der Waals surface area contributed by atoms with Crippen molar-refractivity contribution in [3.05, 3.63) is 36.0 Å². The summed E-state index contributed by atoms with van der Waals surface area (Å²) in [5.74, 6) is 0.912. The van der Waals surface area contributed by atoms with Crippen LogP contribution in [-0.4, -0.2) is 26.3 Å². The van der Waals surface area contributed by atoms with Crippen molar-refractivity contribution in [2.24, 2.45) is 0 Å². The van der Waals surface area contributed by atoms with Crippen LogP contribution in [-0.2, 0) is 12.7 Å². The minimum atomic E-state index is -4.39. The maximum atomic E-state index is 12.5. The summed E-state index contributed by atoms with van der Waals surface area (Å²) in [5.41, 5.74) is -0.785. The molecule has 0 saturated heterocycles. The third kappa shape index (κ3) is 3.32. The molecule has 20 heavy (non-hydrogen) atoms. The second kappa shape index (κ2) is 6.00. The number of nitrogens with one attached hydrogen (secondary N) is 1. The molecule has 0 bridgehead atoms. The lowest BCUT2D eigenvalue weighted by molar-refractivity contribution is -0.137. The number of hydrogen-bond donors (Lipinski definition) is 1. The molecular weight excluding hydrogens is 271 g/mol. The minimum absolute atomic E-state index is 0.309. The fraction of sp³-hybridized carbons (Fsp3) is 0.417. The van der Waals surface area contributed by atoms with E-state index < -0.39 is 11.7 Å². The predicted octanol–water partition coefficient (Wildman–Crippen LogP) is 2.18. The largest absolute Gasteiger partial charge is 0.417 e. The van der Waals surface area contributed by atoms with Crippen LogP contribution in [0, 0.1) is 0 Å². The van der Waals surface area contributed by atoms with Crippen LogP contribution >= 0.6 is 0 Å². The van der Waals surface area contributed by atoms with Crippen molar-refractivity contribution >= 4 is 0 Å². The summed E-state index contributed by atoms with van der Waals surface area (Å²) in [6.45, 7) is 3.35. The predicted molar refractivity (Wildman–Crippen MR) is 66.2 cm³/mol.